The van der Waals surface area contributed by atoms with Gasteiger partial charge in [-0.2, -0.15) is 4.31 Å². The van der Waals surface area contributed by atoms with Crippen molar-refractivity contribution in [2.75, 3.05) is 13.1 Å². The van der Waals surface area contributed by atoms with Crippen LogP contribution in [-0.4, -0.2) is 43.7 Å². The van der Waals surface area contributed by atoms with E-state index in [2.05, 4.69) is 10.9 Å². The average molecular weight is 464 g/mol. The molecule has 1 atom stereocenters. The van der Waals surface area contributed by atoms with E-state index in [1.165, 1.54) is 53.7 Å². The fourth-order valence-corrected chi connectivity index (χ4v) is 4.14. The summed E-state index contributed by atoms with van der Waals surface area (Å²) in [5, 5.41) is 0. The molecule has 1 unspecified atom stereocenters. The molecule has 8 nitrogen and oxygen atoms in total. The summed E-state index contributed by atoms with van der Waals surface area (Å²) in [6, 6.07) is 11.7. The molecule has 0 radical (unpaired) electrons. The van der Waals surface area contributed by atoms with Crippen LogP contribution in [0.15, 0.2) is 59.5 Å². The van der Waals surface area contributed by atoms with E-state index in [0.717, 1.165) is 0 Å². The first-order chi connectivity index (χ1) is 15.2. The van der Waals surface area contributed by atoms with Gasteiger partial charge in [0.2, 0.25) is 10.0 Å². The van der Waals surface area contributed by atoms with E-state index in [4.69, 9.17) is 4.74 Å². The second-order valence-electron chi connectivity index (χ2n) is 6.66. The molecule has 0 heterocycles. The van der Waals surface area contributed by atoms with E-state index < -0.39 is 33.8 Å². The van der Waals surface area contributed by atoms with Crippen LogP contribution in [0.2, 0.25) is 0 Å². The first kappa shape index (κ1) is 25.0. The second-order valence-corrected chi connectivity index (χ2v) is 8.60. The summed E-state index contributed by atoms with van der Waals surface area (Å²) in [5.41, 5.74) is 4.99. The first-order valence-electron chi connectivity index (χ1n) is 9.98. The normalized spacial score (nSPS) is 12.5. The Hall–Kier alpha value is -3.24. The molecule has 0 aliphatic rings. The maximum Gasteiger partial charge on any atom is 0.279 e. The molecule has 2 aromatic rings. The van der Waals surface area contributed by atoms with Crippen LogP contribution >= 0.6 is 0 Å². The van der Waals surface area contributed by atoms with Gasteiger partial charge in [-0.05, 0) is 42.8 Å². The number of carbonyl (C=O) groups excluding carboxylic acids is 2. The number of hydrogen-bond donors (Lipinski definition) is 2. The maximum absolute atomic E-state index is 13.6. The van der Waals surface area contributed by atoms with Gasteiger partial charge in [-0.3, -0.25) is 20.4 Å². The van der Waals surface area contributed by atoms with Crippen LogP contribution in [0.1, 0.15) is 26.3 Å². The van der Waals surface area contributed by atoms with Crippen molar-refractivity contribution < 1.29 is 27.1 Å². The van der Waals surface area contributed by atoms with Crippen molar-refractivity contribution in [2.24, 2.45) is 0 Å². The Morgan fingerprint density at radius 1 is 1.06 bits per heavy atom. The highest BCUT2D eigenvalue weighted by atomic mass is 32.2. The molecule has 10 heteroatoms. The number of rotatable bonds is 9. The van der Waals surface area contributed by atoms with E-state index in [1.54, 1.807) is 32.0 Å². The third kappa shape index (κ3) is 6.63. The van der Waals surface area contributed by atoms with Gasteiger partial charge >= 0.3 is 0 Å². The van der Waals surface area contributed by atoms with Gasteiger partial charge in [0.15, 0.2) is 17.7 Å². The standard InChI is InChI=1S/C22H26FN3O5S/c1-4-26(5-2)32(29,30)18-13-10-17(11-14-18)12-15-21(27)24-25-22(28)16(3)31-20-9-7-6-8-19(20)23/h6-16H,4-5H2,1-3H3,(H,24,27)(H,25,28)/b15-12+. The van der Waals surface area contributed by atoms with Crippen LogP contribution in [0.3, 0.4) is 0 Å². The summed E-state index contributed by atoms with van der Waals surface area (Å²) in [4.78, 5) is 24.1. The number of benzene rings is 2. The van der Waals surface area contributed by atoms with Crippen LogP contribution in [0.5, 0.6) is 5.75 Å². The van der Waals surface area contributed by atoms with E-state index in [0.29, 0.717) is 18.7 Å². The number of para-hydroxylation sites is 1. The van der Waals surface area contributed by atoms with Crippen molar-refractivity contribution >= 4 is 27.9 Å². The quantitative estimate of drug-likeness (QED) is 0.439. The summed E-state index contributed by atoms with van der Waals surface area (Å²) in [7, 11) is -3.55. The summed E-state index contributed by atoms with van der Waals surface area (Å²) >= 11 is 0. The lowest BCUT2D eigenvalue weighted by molar-refractivity contribution is -0.131. The minimum absolute atomic E-state index is 0.0761. The lowest BCUT2D eigenvalue weighted by Gasteiger charge is -2.18. The van der Waals surface area contributed by atoms with Crippen molar-refractivity contribution in [1.29, 1.82) is 0 Å². The Bertz CT molecular complexity index is 1070. The second kappa shape index (κ2) is 11.4. The van der Waals surface area contributed by atoms with E-state index in [-0.39, 0.29) is 10.6 Å². The van der Waals surface area contributed by atoms with Gasteiger partial charge in [0.05, 0.1) is 4.90 Å². The molecule has 0 fully saturated rings. The van der Waals surface area contributed by atoms with E-state index in [1.807, 2.05) is 0 Å². The molecule has 2 N–H and O–H groups in total. The van der Waals surface area contributed by atoms with Gasteiger partial charge in [-0.1, -0.05) is 38.1 Å². The average Bonchev–Trinajstić information content (AvgIpc) is 2.78. The van der Waals surface area contributed by atoms with Crippen molar-refractivity contribution in [3.05, 3.63) is 66.0 Å². The fraction of sp³-hybridized carbons (Fsp3) is 0.273. The van der Waals surface area contributed by atoms with Gasteiger partial charge in [0.1, 0.15) is 0 Å². The monoisotopic (exact) mass is 463 g/mol. The zero-order valence-electron chi connectivity index (χ0n) is 18.0. The lowest BCUT2D eigenvalue weighted by atomic mass is 10.2. The summed E-state index contributed by atoms with van der Waals surface area (Å²) < 4.78 is 45.1. The molecule has 0 bridgehead atoms. The van der Waals surface area contributed by atoms with Gasteiger partial charge in [0.25, 0.3) is 11.8 Å². The van der Waals surface area contributed by atoms with Crippen LogP contribution in [0.25, 0.3) is 6.08 Å². The number of carbonyl (C=O) groups is 2. The Morgan fingerprint density at radius 3 is 2.28 bits per heavy atom. The number of nitrogens with zero attached hydrogens (tertiary/aromatic N) is 1. The Balaban J connectivity index is 1.89. The minimum atomic E-state index is -3.55. The molecule has 32 heavy (non-hydrogen) atoms. The van der Waals surface area contributed by atoms with Gasteiger partial charge in [-0.25, -0.2) is 12.8 Å². The molecule has 0 spiro atoms. The Morgan fingerprint density at radius 2 is 1.69 bits per heavy atom. The van der Waals surface area contributed by atoms with Crippen molar-refractivity contribution in [2.45, 2.75) is 31.8 Å². The van der Waals surface area contributed by atoms with Gasteiger partial charge in [-0.15, -0.1) is 0 Å². The molecule has 172 valence electrons. The topological polar surface area (TPSA) is 105 Å². The molecule has 0 saturated carbocycles. The van der Waals surface area contributed by atoms with Crippen LogP contribution in [0.4, 0.5) is 4.39 Å². The van der Waals surface area contributed by atoms with Crippen LogP contribution in [-0.2, 0) is 19.6 Å². The molecule has 0 aromatic heterocycles. The van der Waals surface area contributed by atoms with Crippen LogP contribution in [0, 0.1) is 5.82 Å². The number of hydrazine groups is 1. The maximum atomic E-state index is 13.6. The first-order valence-corrected chi connectivity index (χ1v) is 11.4. The fourth-order valence-electron chi connectivity index (χ4n) is 2.69. The number of sulfonamides is 1. The van der Waals surface area contributed by atoms with Gasteiger partial charge < -0.3 is 4.74 Å². The predicted molar refractivity (Wildman–Crippen MR) is 118 cm³/mol. The highest BCUT2D eigenvalue weighted by Crippen LogP contribution is 2.17. The number of ether oxygens (including phenoxy) is 1. The predicted octanol–water partition coefficient (Wildman–Crippen LogP) is 2.48. The number of hydrogen-bond acceptors (Lipinski definition) is 5. The summed E-state index contributed by atoms with van der Waals surface area (Å²) in [6.45, 7) is 5.69. The highest BCUT2D eigenvalue weighted by Gasteiger charge is 2.21. The largest absolute Gasteiger partial charge is 0.478 e. The van der Waals surface area contributed by atoms with E-state index in [9.17, 15) is 22.4 Å². The molecular weight excluding hydrogens is 437 g/mol. The number of nitrogens with one attached hydrogen (secondary N) is 2. The molecule has 0 aliphatic carbocycles. The summed E-state index contributed by atoms with van der Waals surface area (Å²) in [6.07, 6.45) is 1.60. The zero-order valence-corrected chi connectivity index (χ0v) is 18.9. The molecule has 2 amide bonds. The van der Waals surface area contributed by atoms with E-state index >= 15 is 0 Å². The smallest absolute Gasteiger partial charge is 0.279 e. The minimum Gasteiger partial charge on any atom is -0.478 e. The van der Waals surface area contributed by atoms with Crippen molar-refractivity contribution in [3.63, 3.8) is 0 Å². The molecule has 2 rings (SSSR count). The number of amides is 2. The summed E-state index contributed by atoms with van der Waals surface area (Å²) in [5.74, 6) is -1.96. The van der Waals surface area contributed by atoms with Crippen molar-refractivity contribution in [1.82, 2.24) is 15.2 Å². The third-order valence-corrected chi connectivity index (χ3v) is 6.53. The van der Waals surface area contributed by atoms with Crippen LogP contribution < -0.4 is 15.6 Å². The van der Waals surface area contributed by atoms with Crippen molar-refractivity contribution in [3.8, 4) is 5.75 Å². The molecular formula is C22H26FN3O5S. The molecule has 0 saturated heterocycles. The number of halogens is 1. The third-order valence-electron chi connectivity index (χ3n) is 4.47. The Kier molecular flexibility index (Phi) is 8.91. The van der Waals surface area contributed by atoms with Gasteiger partial charge in [0, 0.05) is 19.2 Å². The highest BCUT2D eigenvalue weighted by molar-refractivity contribution is 7.89. The molecule has 2 aromatic carbocycles. The molecule has 0 aliphatic heterocycles. The lowest BCUT2D eigenvalue weighted by Crippen LogP contribution is -2.46. The zero-order chi connectivity index (χ0) is 23.7. The SMILES string of the molecule is CCN(CC)S(=O)(=O)c1ccc(/C=C/C(=O)NNC(=O)C(C)Oc2ccccc2F)cc1. The Labute approximate surface area is 187 Å².